The highest BCUT2D eigenvalue weighted by molar-refractivity contribution is 5.33. The maximum absolute atomic E-state index is 6.16. The second-order valence-corrected chi connectivity index (χ2v) is 7.08. The number of methoxy groups -OCH3 is 1. The van der Waals surface area contributed by atoms with E-state index in [4.69, 9.17) is 14.2 Å². The van der Waals surface area contributed by atoms with Crippen LogP contribution in [0.1, 0.15) is 31.2 Å². The van der Waals surface area contributed by atoms with Crippen molar-refractivity contribution in [2.24, 2.45) is 5.92 Å². The van der Waals surface area contributed by atoms with E-state index in [1.165, 1.54) is 24.8 Å². The summed E-state index contributed by atoms with van der Waals surface area (Å²) in [5, 5.41) is 0. The predicted octanol–water partition coefficient (Wildman–Crippen LogP) is 2.85. The van der Waals surface area contributed by atoms with Gasteiger partial charge in [-0.3, -0.25) is 4.90 Å². The lowest BCUT2D eigenvalue weighted by atomic mass is 10.1. The molecule has 0 N–H and O–H groups in total. The van der Waals surface area contributed by atoms with Crippen molar-refractivity contribution in [3.8, 4) is 5.75 Å². The summed E-state index contributed by atoms with van der Waals surface area (Å²) >= 11 is 0. The van der Waals surface area contributed by atoms with Gasteiger partial charge in [-0.2, -0.15) is 0 Å². The van der Waals surface area contributed by atoms with Crippen LogP contribution in [0.4, 0.5) is 0 Å². The number of morpholine rings is 1. The number of ether oxygens (including phenoxy) is 3. The Labute approximate surface area is 138 Å². The van der Waals surface area contributed by atoms with Gasteiger partial charge in [-0.15, -0.1) is 0 Å². The number of nitrogens with zero attached hydrogens (tertiary/aromatic N) is 1. The van der Waals surface area contributed by atoms with E-state index in [2.05, 4.69) is 17.0 Å². The lowest BCUT2D eigenvalue weighted by molar-refractivity contribution is -0.116. The van der Waals surface area contributed by atoms with Crippen LogP contribution in [0.2, 0.25) is 0 Å². The second-order valence-electron chi connectivity index (χ2n) is 7.08. The molecule has 0 bridgehead atoms. The maximum atomic E-state index is 6.16. The Morgan fingerprint density at radius 2 is 2.04 bits per heavy atom. The van der Waals surface area contributed by atoms with Crippen molar-refractivity contribution in [3.05, 3.63) is 29.8 Å². The van der Waals surface area contributed by atoms with Gasteiger partial charge in [-0.05, 0) is 37.7 Å². The van der Waals surface area contributed by atoms with Crippen LogP contribution in [-0.4, -0.2) is 50.0 Å². The molecule has 4 nitrogen and oxygen atoms in total. The Balaban J connectivity index is 1.41. The smallest absolute Gasteiger partial charge is 0.123 e. The molecule has 126 valence electrons. The number of rotatable bonds is 6. The molecule has 3 aliphatic rings. The van der Waals surface area contributed by atoms with Crippen molar-refractivity contribution >= 4 is 0 Å². The highest BCUT2D eigenvalue weighted by Gasteiger charge is 2.43. The number of para-hydroxylation sites is 1. The molecule has 0 amide bonds. The molecule has 0 radical (unpaired) electrons. The second kappa shape index (κ2) is 6.80. The monoisotopic (exact) mass is 317 g/mol. The van der Waals surface area contributed by atoms with E-state index >= 15 is 0 Å². The average Bonchev–Trinajstić information content (AvgIpc) is 3.33. The van der Waals surface area contributed by atoms with Gasteiger partial charge in [0.1, 0.15) is 5.75 Å². The van der Waals surface area contributed by atoms with Gasteiger partial charge in [0.25, 0.3) is 0 Å². The zero-order chi connectivity index (χ0) is 15.6. The lowest BCUT2D eigenvalue weighted by Gasteiger charge is -2.39. The maximum Gasteiger partial charge on any atom is 0.123 e. The predicted molar refractivity (Wildman–Crippen MR) is 88.6 cm³/mol. The summed E-state index contributed by atoms with van der Waals surface area (Å²) in [7, 11) is 1.75. The standard InChI is InChI=1S/C19H27NO3/c1-21-17-5-3-2-4-15(17)12-20-10-11-22-19-16(20)8-9-18(19)23-13-14-6-7-14/h2-5,14,16,18-19H,6-13H2,1H3/t16-,18+,19+/m0/s1. The first-order valence-corrected chi connectivity index (χ1v) is 8.94. The molecule has 1 aromatic rings. The van der Waals surface area contributed by atoms with E-state index in [1.54, 1.807) is 7.11 Å². The molecule has 1 aliphatic heterocycles. The number of hydrogen-bond donors (Lipinski definition) is 0. The molecule has 1 saturated heterocycles. The van der Waals surface area contributed by atoms with E-state index in [0.717, 1.165) is 44.4 Å². The van der Waals surface area contributed by atoms with Gasteiger partial charge in [-0.1, -0.05) is 18.2 Å². The van der Waals surface area contributed by atoms with Gasteiger partial charge >= 0.3 is 0 Å². The average molecular weight is 317 g/mol. The summed E-state index contributed by atoms with van der Waals surface area (Å²) < 4.78 is 17.8. The van der Waals surface area contributed by atoms with E-state index in [9.17, 15) is 0 Å². The molecule has 1 heterocycles. The molecule has 4 heteroatoms. The van der Waals surface area contributed by atoms with Crippen molar-refractivity contribution < 1.29 is 14.2 Å². The number of fused-ring (bicyclic) bond motifs is 1. The lowest BCUT2D eigenvalue weighted by Crippen LogP contribution is -2.51. The van der Waals surface area contributed by atoms with Crippen molar-refractivity contribution in [2.75, 3.05) is 26.9 Å². The zero-order valence-electron chi connectivity index (χ0n) is 13.9. The van der Waals surface area contributed by atoms with Gasteiger partial charge in [0.2, 0.25) is 0 Å². The molecule has 0 unspecified atom stereocenters. The molecule has 0 aromatic heterocycles. The van der Waals surface area contributed by atoms with Crippen LogP contribution in [0, 0.1) is 5.92 Å². The van der Waals surface area contributed by atoms with Crippen LogP contribution < -0.4 is 4.74 Å². The molecule has 2 aliphatic carbocycles. The van der Waals surface area contributed by atoms with Crippen molar-refractivity contribution in [3.63, 3.8) is 0 Å². The third kappa shape index (κ3) is 3.39. The molecule has 4 rings (SSSR count). The van der Waals surface area contributed by atoms with E-state index in [-0.39, 0.29) is 6.10 Å². The minimum Gasteiger partial charge on any atom is -0.496 e. The summed E-state index contributed by atoms with van der Waals surface area (Å²) in [6.45, 7) is 3.67. The quantitative estimate of drug-likeness (QED) is 0.807. The molecule has 23 heavy (non-hydrogen) atoms. The van der Waals surface area contributed by atoms with Gasteiger partial charge in [0, 0.05) is 31.3 Å². The number of benzene rings is 1. The summed E-state index contributed by atoms with van der Waals surface area (Å²) in [4.78, 5) is 2.56. The minimum atomic E-state index is 0.247. The minimum absolute atomic E-state index is 0.247. The van der Waals surface area contributed by atoms with Crippen LogP contribution in [0.25, 0.3) is 0 Å². The van der Waals surface area contributed by atoms with Crippen LogP contribution >= 0.6 is 0 Å². The van der Waals surface area contributed by atoms with Gasteiger partial charge in [-0.25, -0.2) is 0 Å². The Bertz CT molecular complexity index is 531. The zero-order valence-corrected chi connectivity index (χ0v) is 13.9. The van der Waals surface area contributed by atoms with Crippen molar-refractivity contribution in [2.45, 2.75) is 50.5 Å². The van der Waals surface area contributed by atoms with E-state index in [0.29, 0.717) is 12.1 Å². The normalized spacial score (nSPS) is 31.1. The first-order valence-electron chi connectivity index (χ1n) is 8.94. The highest BCUT2D eigenvalue weighted by atomic mass is 16.5. The SMILES string of the molecule is COc1ccccc1CN1CCO[C@H]2[C@H](OCC3CC3)CC[C@@H]21. The highest BCUT2D eigenvalue weighted by Crippen LogP contribution is 2.36. The van der Waals surface area contributed by atoms with Crippen molar-refractivity contribution in [1.82, 2.24) is 4.90 Å². The molecule has 3 fully saturated rings. The van der Waals surface area contributed by atoms with E-state index in [1.807, 2.05) is 12.1 Å². The number of hydrogen-bond acceptors (Lipinski definition) is 4. The summed E-state index contributed by atoms with van der Waals surface area (Å²) in [6, 6.07) is 8.81. The summed E-state index contributed by atoms with van der Waals surface area (Å²) in [5.74, 6) is 1.80. The van der Waals surface area contributed by atoms with E-state index < -0.39 is 0 Å². The van der Waals surface area contributed by atoms with Crippen LogP contribution in [0.5, 0.6) is 5.75 Å². The van der Waals surface area contributed by atoms with Gasteiger partial charge in [0.15, 0.2) is 0 Å². The fourth-order valence-corrected chi connectivity index (χ4v) is 3.96. The molecular weight excluding hydrogens is 290 g/mol. The van der Waals surface area contributed by atoms with Crippen LogP contribution in [-0.2, 0) is 16.0 Å². The fraction of sp³-hybridized carbons (Fsp3) is 0.684. The molecule has 0 spiro atoms. The van der Waals surface area contributed by atoms with Gasteiger partial charge in [0.05, 0.1) is 25.9 Å². The first kappa shape index (κ1) is 15.4. The van der Waals surface area contributed by atoms with Gasteiger partial charge < -0.3 is 14.2 Å². The largest absolute Gasteiger partial charge is 0.496 e. The molecule has 1 aromatic carbocycles. The Morgan fingerprint density at radius 3 is 2.87 bits per heavy atom. The third-order valence-electron chi connectivity index (χ3n) is 5.46. The molecular formula is C19H27NO3. The van der Waals surface area contributed by atoms with Crippen LogP contribution in [0.3, 0.4) is 0 Å². The molecule has 3 atom stereocenters. The molecule has 2 saturated carbocycles. The van der Waals surface area contributed by atoms with Crippen LogP contribution in [0.15, 0.2) is 24.3 Å². The Morgan fingerprint density at radius 1 is 1.17 bits per heavy atom. The Kier molecular flexibility index (Phi) is 4.56. The summed E-state index contributed by atoms with van der Waals surface area (Å²) in [6.07, 6.45) is 5.54. The Hall–Kier alpha value is -1.10. The topological polar surface area (TPSA) is 30.9 Å². The first-order chi connectivity index (χ1) is 11.3. The fourth-order valence-electron chi connectivity index (χ4n) is 3.96. The third-order valence-corrected chi connectivity index (χ3v) is 5.46. The van der Waals surface area contributed by atoms with Crippen molar-refractivity contribution in [1.29, 1.82) is 0 Å². The summed E-state index contributed by atoms with van der Waals surface area (Å²) in [5.41, 5.74) is 1.26.